The molecule has 4 rings (SSSR count). The molecule has 2 unspecified atom stereocenters. The highest BCUT2D eigenvalue weighted by atomic mass is 32.2. The summed E-state index contributed by atoms with van der Waals surface area (Å²) in [6.45, 7) is 13.4. The predicted molar refractivity (Wildman–Crippen MR) is 140 cm³/mol. The van der Waals surface area contributed by atoms with Gasteiger partial charge in [-0.2, -0.15) is 4.31 Å². The van der Waals surface area contributed by atoms with Gasteiger partial charge in [-0.1, -0.05) is 48.9 Å². The van der Waals surface area contributed by atoms with Crippen molar-refractivity contribution in [1.29, 1.82) is 0 Å². The van der Waals surface area contributed by atoms with Crippen molar-refractivity contribution in [3.63, 3.8) is 0 Å². The molecule has 0 saturated carbocycles. The van der Waals surface area contributed by atoms with Crippen molar-refractivity contribution in [3.05, 3.63) is 105 Å². The number of carboxylic acid groups (broad SMARTS) is 1. The molecule has 0 radical (unpaired) electrons. The van der Waals surface area contributed by atoms with E-state index in [4.69, 9.17) is 6.57 Å². The van der Waals surface area contributed by atoms with Gasteiger partial charge >= 0.3 is 5.97 Å². The maximum atomic E-state index is 13.9. The Morgan fingerprint density at radius 1 is 1.14 bits per heavy atom. The molecule has 1 aliphatic heterocycles. The van der Waals surface area contributed by atoms with Crippen molar-refractivity contribution in [2.75, 3.05) is 6.54 Å². The lowest BCUT2D eigenvalue weighted by molar-refractivity contribution is -0.137. The smallest absolute Gasteiger partial charge is 0.304 e. The Morgan fingerprint density at radius 2 is 1.89 bits per heavy atom. The van der Waals surface area contributed by atoms with Crippen LogP contribution < -0.4 is 0 Å². The third kappa shape index (κ3) is 5.58. The maximum absolute atomic E-state index is 13.9. The van der Waals surface area contributed by atoms with Crippen molar-refractivity contribution in [2.45, 2.75) is 51.0 Å². The van der Waals surface area contributed by atoms with Crippen LogP contribution in [-0.2, 0) is 27.8 Å². The number of benzene rings is 3. The quantitative estimate of drug-likeness (QED) is 0.406. The summed E-state index contributed by atoms with van der Waals surface area (Å²) in [6.07, 6.45) is 0.321. The van der Waals surface area contributed by atoms with Crippen LogP contribution in [0, 0.1) is 32.2 Å². The first-order valence-electron chi connectivity index (χ1n) is 12.1. The van der Waals surface area contributed by atoms with Crippen molar-refractivity contribution < 1.29 is 22.7 Å². The number of aryl methyl sites for hydroxylation is 2. The Morgan fingerprint density at radius 3 is 2.57 bits per heavy atom. The highest BCUT2D eigenvalue weighted by Crippen LogP contribution is 2.35. The number of carboxylic acids is 1. The second kappa shape index (κ2) is 10.4. The lowest BCUT2D eigenvalue weighted by atomic mass is 9.84. The van der Waals surface area contributed by atoms with E-state index >= 15 is 0 Å². The second-order valence-electron chi connectivity index (χ2n) is 9.85. The Kier molecular flexibility index (Phi) is 7.49. The van der Waals surface area contributed by atoms with Crippen LogP contribution >= 0.6 is 0 Å². The van der Waals surface area contributed by atoms with Crippen molar-refractivity contribution in [3.8, 4) is 0 Å². The largest absolute Gasteiger partial charge is 0.481 e. The van der Waals surface area contributed by atoms with Crippen molar-refractivity contribution in [1.82, 2.24) is 4.31 Å². The molecule has 6 nitrogen and oxygen atoms in total. The number of rotatable bonds is 6. The van der Waals surface area contributed by atoms with E-state index in [2.05, 4.69) is 4.85 Å². The van der Waals surface area contributed by atoms with Gasteiger partial charge in [0, 0.05) is 19.0 Å². The third-order valence-electron chi connectivity index (χ3n) is 6.98. The van der Waals surface area contributed by atoms with Crippen molar-refractivity contribution >= 4 is 21.7 Å². The number of sulfonamides is 1. The van der Waals surface area contributed by atoms with E-state index in [9.17, 15) is 22.7 Å². The van der Waals surface area contributed by atoms with Gasteiger partial charge in [-0.3, -0.25) is 4.79 Å². The second-order valence-corrected chi connectivity index (χ2v) is 11.8. The zero-order valence-electron chi connectivity index (χ0n) is 21.0. The minimum atomic E-state index is -3.86. The van der Waals surface area contributed by atoms with Crippen LogP contribution in [0.2, 0.25) is 0 Å². The minimum absolute atomic E-state index is 0.00955. The Labute approximate surface area is 217 Å². The van der Waals surface area contributed by atoms with Gasteiger partial charge in [0.1, 0.15) is 5.82 Å². The number of aliphatic carboxylic acids is 1. The standard InChI is InChI=1S/C29H29FN2O4S/c1-18-11-22-14-24(30)7-10-28(22)37(35,36)32(16-18)17-23-13-21(6-5-19(23)2)27(15-29(33)34)26-9-8-25(31-4)12-20(26)3/h5-10,12-14,18,27H,11,15-17H2,1-3H3,(H,33,34). The van der Waals surface area contributed by atoms with Crippen molar-refractivity contribution in [2.24, 2.45) is 5.92 Å². The van der Waals surface area contributed by atoms with E-state index in [0.29, 0.717) is 17.7 Å². The fraction of sp³-hybridized carbons (Fsp3) is 0.310. The monoisotopic (exact) mass is 520 g/mol. The summed E-state index contributed by atoms with van der Waals surface area (Å²) in [6, 6.07) is 14.7. The van der Waals surface area contributed by atoms with Gasteiger partial charge in [-0.05, 0) is 72.2 Å². The summed E-state index contributed by atoms with van der Waals surface area (Å²) < 4.78 is 42.5. The predicted octanol–water partition coefficient (Wildman–Crippen LogP) is 5.98. The van der Waals surface area contributed by atoms with Crippen LogP contribution in [0.5, 0.6) is 0 Å². The Balaban J connectivity index is 1.74. The van der Waals surface area contributed by atoms with Crippen LogP contribution in [0.25, 0.3) is 4.85 Å². The average Bonchev–Trinajstić information content (AvgIpc) is 2.91. The molecule has 0 bridgehead atoms. The first-order chi connectivity index (χ1) is 17.5. The summed E-state index contributed by atoms with van der Waals surface area (Å²) in [7, 11) is -3.86. The van der Waals surface area contributed by atoms with E-state index in [-0.39, 0.29) is 30.3 Å². The molecule has 1 heterocycles. The summed E-state index contributed by atoms with van der Waals surface area (Å²) in [5.74, 6) is -1.87. The zero-order chi connectivity index (χ0) is 26.9. The summed E-state index contributed by atoms with van der Waals surface area (Å²) >= 11 is 0. The van der Waals surface area contributed by atoms with Crippen LogP contribution in [0.15, 0.2) is 59.5 Å². The van der Waals surface area contributed by atoms with E-state index in [0.717, 1.165) is 27.8 Å². The highest BCUT2D eigenvalue weighted by Gasteiger charge is 2.33. The summed E-state index contributed by atoms with van der Waals surface area (Å²) in [5.41, 5.74) is 5.06. The van der Waals surface area contributed by atoms with E-state index < -0.39 is 27.7 Å². The first-order valence-corrected chi connectivity index (χ1v) is 13.5. The van der Waals surface area contributed by atoms with E-state index in [1.807, 2.05) is 39.0 Å². The van der Waals surface area contributed by atoms with E-state index in [1.54, 1.807) is 18.2 Å². The Bertz CT molecular complexity index is 1510. The van der Waals surface area contributed by atoms with Gasteiger partial charge in [0.15, 0.2) is 5.69 Å². The number of halogens is 1. The molecule has 0 amide bonds. The number of nitrogens with zero attached hydrogens (tertiary/aromatic N) is 2. The van der Waals surface area contributed by atoms with Gasteiger partial charge in [0.25, 0.3) is 0 Å². The number of carbonyl (C=O) groups is 1. The fourth-order valence-corrected chi connectivity index (χ4v) is 6.86. The first kappa shape index (κ1) is 26.5. The molecule has 1 aliphatic rings. The molecule has 2 atom stereocenters. The summed E-state index contributed by atoms with van der Waals surface area (Å²) in [5, 5.41) is 9.66. The molecule has 3 aromatic carbocycles. The molecule has 0 fully saturated rings. The molecule has 1 N–H and O–H groups in total. The zero-order valence-corrected chi connectivity index (χ0v) is 21.8. The van der Waals surface area contributed by atoms with Gasteiger partial charge in [-0.15, -0.1) is 0 Å². The minimum Gasteiger partial charge on any atom is -0.481 e. The van der Waals surface area contributed by atoms with Gasteiger partial charge in [0.2, 0.25) is 10.0 Å². The van der Waals surface area contributed by atoms with Gasteiger partial charge in [0.05, 0.1) is 17.9 Å². The van der Waals surface area contributed by atoms with Gasteiger partial charge in [-0.25, -0.2) is 17.7 Å². The van der Waals surface area contributed by atoms with Crippen LogP contribution in [0.1, 0.15) is 52.6 Å². The number of fused-ring (bicyclic) bond motifs is 1. The lowest BCUT2D eigenvalue weighted by Crippen LogP contribution is -2.33. The molecule has 3 aromatic rings. The van der Waals surface area contributed by atoms with Crippen LogP contribution in [0.4, 0.5) is 10.1 Å². The topological polar surface area (TPSA) is 79.0 Å². The SMILES string of the molecule is [C-]#[N+]c1ccc(C(CC(=O)O)c2ccc(C)c(CN3CC(C)Cc4cc(F)ccc4S3(=O)=O)c2)c(C)c1. The molecule has 192 valence electrons. The molecule has 8 heteroatoms. The molecular formula is C29H29FN2O4S. The van der Waals surface area contributed by atoms with E-state index in [1.165, 1.54) is 22.5 Å². The Hall–Kier alpha value is -3.54. The number of hydrogen-bond acceptors (Lipinski definition) is 3. The maximum Gasteiger partial charge on any atom is 0.304 e. The normalized spacial score (nSPS) is 17.9. The molecule has 37 heavy (non-hydrogen) atoms. The lowest BCUT2D eigenvalue weighted by Gasteiger charge is -2.25. The highest BCUT2D eigenvalue weighted by molar-refractivity contribution is 7.89. The van der Waals surface area contributed by atoms with Crippen LogP contribution in [0.3, 0.4) is 0 Å². The number of hydrogen-bond donors (Lipinski definition) is 1. The third-order valence-corrected chi connectivity index (χ3v) is 8.90. The molecule has 0 aliphatic carbocycles. The molecular weight excluding hydrogens is 491 g/mol. The van der Waals surface area contributed by atoms with Crippen LogP contribution in [-0.4, -0.2) is 30.3 Å². The molecule has 0 spiro atoms. The molecule has 0 saturated heterocycles. The average molecular weight is 521 g/mol. The van der Waals surface area contributed by atoms with Gasteiger partial charge < -0.3 is 5.11 Å². The summed E-state index contributed by atoms with van der Waals surface area (Å²) in [4.78, 5) is 15.4. The fourth-order valence-electron chi connectivity index (χ4n) is 5.10. The molecule has 0 aromatic heterocycles.